The molecule has 0 amide bonds. The van der Waals surface area contributed by atoms with Crippen molar-refractivity contribution in [1.82, 2.24) is 0 Å². The highest BCUT2D eigenvalue weighted by Crippen LogP contribution is 2.48. The third-order valence-electron chi connectivity index (χ3n) is 9.22. The molecular weight excluding hydrogens is 532 g/mol. The van der Waals surface area contributed by atoms with Crippen molar-refractivity contribution in [3.8, 4) is 0 Å². The van der Waals surface area contributed by atoms with Crippen molar-refractivity contribution < 1.29 is 5.32 Å². The van der Waals surface area contributed by atoms with Crippen LogP contribution in [-0.4, -0.2) is 13.1 Å². The van der Waals surface area contributed by atoms with Gasteiger partial charge in [-0.25, -0.2) is 0 Å². The van der Waals surface area contributed by atoms with E-state index in [9.17, 15) is 0 Å². The molecule has 1 aliphatic heterocycles. The molecule has 0 radical (unpaired) electrons. The van der Waals surface area contributed by atoms with E-state index in [1.807, 2.05) is 13.8 Å². The Kier molecular flexibility index (Phi) is 11.3. The van der Waals surface area contributed by atoms with Gasteiger partial charge in [-0.1, -0.05) is 127 Å². The summed E-state index contributed by atoms with van der Waals surface area (Å²) in [4.78, 5) is 2.50. The summed E-state index contributed by atoms with van der Waals surface area (Å²) < 4.78 is 0. The summed E-state index contributed by atoms with van der Waals surface area (Å²) in [7, 11) is 0. The number of nitrogens with zero attached hydrogens (tertiary/aromatic N) is 1. The molecule has 0 saturated carbocycles. The average Bonchev–Trinajstić information content (AvgIpc) is 3.27. The van der Waals surface area contributed by atoms with Gasteiger partial charge in [0.1, 0.15) is 5.69 Å². The third-order valence-corrected chi connectivity index (χ3v) is 9.22. The molecule has 2 nitrogen and oxygen atoms in total. The highest BCUT2D eigenvalue weighted by atomic mass is 15.2. The largest absolute Gasteiger partial charge is 0.344 e. The van der Waals surface area contributed by atoms with Gasteiger partial charge in [-0.05, 0) is 91.0 Å². The smallest absolute Gasteiger partial charge is 0.133 e. The van der Waals surface area contributed by atoms with Crippen LogP contribution in [-0.2, 0) is 10.8 Å². The quantitative estimate of drug-likeness (QED) is 0.247. The van der Waals surface area contributed by atoms with E-state index in [2.05, 4.69) is 155 Å². The first-order chi connectivity index (χ1) is 21.3. The molecule has 3 aromatic carbocycles. The number of para-hydroxylation sites is 2. The molecular formula is C42H55N2+. The van der Waals surface area contributed by atoms with Crippen LogP contribution in [0.4, 0.5) is 11.4 Å². The number of hydrogen-bond donors (Lipinski definition) is 1. The normalized spacial score (nSPS) is 18.1. The fourth-order valence-electron chi connectivity index (χ4n) is 7.01. The molecule has 0 aromatic heterocycles. The Bertz CT molecular complexity index is 1510. The van der Waals surface area contributed by atoms with Crippen LogP contribution >= 0.6 is 0 Å². The zero-order valence-corrected chi connectivity index (χ0v) is 28.6. The van der Waals surface area contributed by atoms with Gasteiger partial charge >= 0.3 is 0 Å². The first kappa shape index (κ1) is 33.3. The highest BCUT2D eigenvalue weighted by molar-refractivity contribution is 5.84. The number of anilines is 1. The lowest BCUT2D eigenvalue weighted by Gasteiger charge is -2.27. The van der Waals surface area contributed by atoms with E-state index in [4.69, 9.17) is 0 Å². The van der Waals surface area contributed by atoms with E-state index in [0.717, 1.165) is 32.4 Å². The minimum Gasteiger partial charge on any atom is -0.344 e. The predicted molar refractivity (Wildman–Crippen MR) is 193 cm³/mol. The number of rotatable bonds is 9. The molecule has 2 aliphatic rings. The number of benzene rings is 3. The van der Waals surface area contributed by atoms with Crippen molar-refractivity contribution in [1.29, 1.82) is 0 Å². The van der Waals surface area contributed by atoms with Crippen LogP contribution < -0.4 is 10.2 Å². The van der Waals surface area contributed by atoms with Gasteiger partial charge < -0.3 is 10.2 Å². The third kappa shape index (κ3) is 7.02. The van der Waals surface area contributed by atoms with Crippen LogP contribution in [0.25, 0.3) is 5.57 Å². The number of allylic oxidation sites excluding steroid dienone is 8. The lowest BCUT2D eigenvalue weighted by molar-refractivity contribution is -0.568. The number of hydrogen-bond acceptors (Lipinski definition) is 1. The molecule has 0 atom stereocenters. The molecule has 0 bridgehead atoms. The molecule has 0 fully saturated rings. The van der Waals surface area contributed by atoms with Crippen molar-refractivity contribution in [2.24, 2.45) is 0 Å². The fourth-order valence-corrected chi connectivity index (χ4v) is 7.01. The van der Waals surface area contributed by atoms with E-state index in [0.29, 0.717) is 0 Å². The molecule has 1 aliphatic carbocycles. The maximum absolute atomic E-state index is 2.50. The Balaban J connectivity index is 0.00000216. The van der Waals surface area contributed by atoms with Crippen molar-refractivity contribution in [3.05, 3.63) is 137 Å². The molecule has 44 heavy (non-hydrogen) atoms. The van der Waals surface area contributed by atoms with Crippen LogP contribution in [0.2, 0.25) is 0 Å². The molecule has 3 aromatic rings. The summed E-state index contributed by atoms with van der Waals surface area (Å²) in [6.07, 6.45) is 14.1. The first-order valence-corrected chi connectivity index (χ1v) is 16.9. The molecule has 0 spiro atoms. The summed E-state index contributed by atoms with van der Waals surface area (Å²) >= 11 is 0. The average molecular weight is 588 g/mol. The van der Waals surface area contributed by atoms with E-state index in [1.54, 1.807) is 0 Å². The Morgan fingerprint density at radius 3 is 2.25 bits per heavy atom. The zero-order chi connectivity index (χ0) is 31.7. The van der Waals surface area contributed by atoms with Gasteiger partial charge in [0.2, 0.25) is 0 Å². The van der Waals surface area contributed by atoms with Crippen LogP contribution in [0, 0.1) is 0 Å². The van der Waals surface area contributed by atoms with Gasteiger partial charge in [0.05, 0.1) is 6.54 Å². The molecule has 2 heteroatoms. The van der Waals surface area contributed by atoms with Crippen LogP contribution in [0.5, 0.6) is 0 Å². The van der Waals surface area contributed by atoms with E-state index in [1.165, 1.54) is 56.9 Å². The molecule has 0 saturated heterocycles. The second kappa shape index (κ2) is 14.9. The van der Waals surface area contributed by atoms with Gasteiger partial charge in [0.25, 0.3) is 0 Å². The molecule has 5 rings (SSSR count). The molecule has 0 unspecified atom stereocenters. The number of fused-ring (bicyclic) bond motifs is 1. The number of nitrogens with two attached hydrogens (primary N) is 1. The van der Waals surface area contributed by atoms with Crippen LogP contribution in [0.15, 0.2) is 120 Å². The fraction of sp³-hybridized carbons (Fsp3) is 0.381. The summed E-state index contributed by atoms with van der Waals surface area (Å²) in [5, 5.41) is 2.35. The standard InChI is InChI=1S/C40H48N2.C2H6/c1-7-41-35-25-14-12-23-33(35)39(3,4)29-17-22-31-20-16-21-32(38(31)30-18-10-9-11-19-30)27-28-37-40(5,6)34-24-13-15-26-36(34)42(37)8-2;1-2/h9-15,17-19,22-28,41H,7-8,16,20-21,29H2,1-6H3;1-2H3/p+1/b22-17+,32-27+,37-28+;. The summed E-state index contributed by atoms with van der Waals surface area (Å²) in [6, 6.07) is 28.8. The number of likely N-dealkylation sites (N-methyl/N-ethyl adjacent to an activating group) is 1. The molecule has 232 valence electrons. The lowest BCUT2D eigenvalue weighted by atomic mass is 9.79. The Morgan fingerprint density at radius 2 is 1.52 bits per heavy atom. The van der Waals surface area contributed by atoms with Crippen molar-refractivity contribution in [2.45, 2.75) is 91.9 Å². The lowest BCUT2D eigenvalue weighted by Crippen LogP contribution is -2.77. The summed E-state index contributed by atoms with van der Waals surface area (Å²) in [6.45, 7) is 20.0. The minimum atomic E-state index is -0.0191. The Labute approximate surface area is 268 Å². The SMILES string of the molecule is CC.CC[NH2+]c1ccccc1C(C)(C)C/C=C/C1=C(c2ccccc2)C(=C/C=C2/N(CC)c3ccccc3C2(C)C)/CCC1. The van der Waals surface area contributed by atoms with E-state index >= 15 is 0 Å². The Morgan fingerprint density at radius 1 is 0.841 bits per heavy atom. The van der Waals surface area contributed by atoms with Gasteiger partial charge in [0, 0.05) is 28.9 Å². The highest BCUT2D eigenvalue weighted by Gasteiger charge is 2.38. The van der Waals surface area contributed by atoms with Crippen LogP contribution in [0.3, 0.4) is 0 Å². The maximum Gasteiger partial charge on any atom is 0.133 e. The van der Waals surface area contributed by atoms with E-state index < -0.39 is 0 Å². The molecule has 1 heterocycles. The minimum absolute atomic E-state index is 0.0191. The topological polar surface area (TPSA) is 19.9 Å². The van der Waals surface area contributed by atoms with Gasteiger partial charge in [0.15, 0.2) is 0 Å². The van der Waals surface area contributed by atoms with Gasteiger partial charge in [-0.3, -0.25) is 0 Å². The van der Waals surface area contributed by atoms with Gasteiger partial charge in [-0.2, -0.15) is 0 Å². The second-order valence-corrected chi connectivity index (χ2v) is 12.9. The monoisotopic (exact) mass is 587 g/mol. The second-order valence-electron chi connectivity index (χ2n) is 12.9. The van der Waals surface area contributed by atoms with Crippen molar-refractivity contribution >= 4 is 16.9 Å². The maximum atomic E-state index is 2.50. The first-order valence-electron chi connectivity index (χ1n) is 16.9. The summed E-state index contributed by atoms with van der Waals surface area (Å²) in [5.74, 6) is 0. The Hall–Kier alpha value is -3.62. The summed E-state index contributed by atoms with van der Waals surface area (Å²) in [5.41, 5.74) is 12.7. The van der Waals surface area contributed by atoms with Crippen LogP contribution in [0.1, 0.15) is 97.8 Å². The van der Waals surface area contributed by atoms with Crippen molar-refractivity contribution in [2.75, 3.05) is 18.0 Å². The molecule has 2 N–H and O–H groups in total. The van der Waals surface area contributed by atoms with Crippen molar-refractivity contribution in [3.63, 3.8) is 0 Å². The van der Waals surface area contributed by atoms with Gasteiger partial charge in [-0.15, -0.1) is 0 Å². The zero-order valence-electron chi connectivity index (χ0n) is 28.6. The predicted octanol–water partition coefficient (Wildman–Crippen LogP) is 10.4. The number of quaternary nitrogens is 1. The van der Waals surface area contributed by atoms with E-state index in [-0.39, 0.29) is 10.8 Å².